The minimum Gasteiger partial charge on any atom is -0.480 e. The Balaban J connectivity index is 1.32. The number of nitrogens with zero attached hydrogens (tertiary/aromatic N) is 1. The van der Waals surface area contributed by atoms with Crippen LogP contribution >= 0.6 is 0 Å². The van der Waals surface area contributed by atoms with Gasteiger partial charge < -0.3 is 20.5 Å². The summed E-state index contributed by atoms with van der Waals surface area (Å²) in [6, 6.07) is 3.47. The van der Waals surface area contributed by atoms with Gasteiger partial charge in [-0.3, -0.25) is 4.79 Å². The lowest BCUT2D eigenvalue weighted by atomic mass is 9.79. The molecule has 27 heavy (non-hydrogen) atoms. The lowest BCUT2D eigenvalue weighted by Gasteiger charge is -2.35. The topological polar surface area (TPSA) is 101 Å². The van der Waals surface area contributed by atoms with Gasteiger partial charge in [-0.25, -0.2) is 9.78 Å². The maximum absolute atomic E-state index is 11.1. The molecule has 1 fully saturated rings. The van der Waals surface area contributed by atoms with Crippen LogP contribution in [0, 0.1) is 5.92 Å². The molecule has 7 heteroatoms. The van der Waals surface area contributed by atoms with Crippen molar-refractivity contribution >= 4 is 17.7 Å². The van der Waals surface area contributed by atoms with E-state index in [9.17, 15) is 9.59 Å². The first-order valence-corrected chi connectivity index (χ1v) is 9.85. The molecule has 0 radical (unpaired) electrons. The molecule has 0 saturated heterocycles. The third kappa shape index (κ3) is 5.66. The van der Waals surface area contributed by atoms with E-state index in [0.717, 1.165) is 50.2 Å². The van der Waals surface area contributed by atoms with E-state index in [4.69, 9.17) is 14.8 Å². The van der Waals surface area contributed by atoms with Gasteiger partial charge in [0, 0.05) is 32.2 Å². The molecule has 3 rings (SSSR count). The molecule has 148 valence electrons. The predicted octanol–water partition coefficient (Wildman–Crippen LogP) is 2.15. The summed E-state index contributed by atoms with van der Waals surface area (Å²) in [5.74, 6) is 0.344. The number of hydrogen-bond acceptors (Lipinski definition) is 5. The molecule has 1 aliphatic heterocycles. The molecule has 1 aliphatic carbocycles. The van der Waals surface area contributed by atoms with Crippen molar-refractivity contribution in [2.24, 2.45) is 5.92 Å². The number of fused-ring (bicyclic) bond motifs is 1. The highest BCUT2D eigenvalue weighted by atomic mass is 16.5. The summed E-state index contributed by atoms with van der Waals surface area (Å²) in [5.41, 5.74) is 2.47. The number of aryl methyl sites for hydroxylation is 2. The van der Waals surface area contributed by atoms with Crippen molar-refractivity contribution in [3.8, 4) is 0 Å². The van der Waals surface area contributed by atoms with Crippen LogP contribution < -0.4 is 10.6 Å². The van der Waals surface area contributed by atoms with Crippen LogP contribution in [0.5, 0.6) is 0 Å². The molecule has 0 bridgehead atoms. The van der Waals surface area contributed by atoms with Gasteiger partial charge in [-0.05, 0) is 56.1 Å². The summed E-state index contributed by atoms with van der Waals surface area (Å²) >= 11 is 0. The second kappa shape index (κ2) is 9.17. The van der Waals surface area contributed by atoms with Gasteiger partial charge in [-0.2, -0.15) is 0 Å². The van der Waals surface area contributed by atoms with Crippen molar-refractivity contribution < 1.29 is 19.4 Å². The van der Waals surface area contributed by atoms with E-state index in [-0.39, 0.29) is 12.0 Å². The normalized spacial score (nSPS) is 22.1. The van der Waals surface area contributed by atoms with Crippen LogP contribution in [0.4, 0.5) is 5.82 Å². The summed E-state index contributed by atoms with van der Waals surface area (Å²) in [4.78, 5) is 26.8. The Labute approximate surface area is 159 Å². The average Bonchev–Trinajstić information content (AvgIpc) is 2.61. The fourth-order valence-electron chi connectivity index (χ4n) is 3.76. The van der Waals surface area contributed by atoms with Gasteiger partial charge in [0.1, 0.15) is 11.9 Å². The van der Waals surface area contributed by atoms with Crippen molar-refractivity contribution in [3.05, 3.63) is 23.4 Å². The van der Waals surface area contributed by atoms with Crippen LogP contribution in [0.15, 0.2) is 12.1 Å². The molecule has 1 aromatic heterocycles. The molecular weight excluding hydrogens is 346 g/mol. The fourth-order valence-corrected chi connectivity index (χ4v) is 3.76. The highest BCUT2D eigenvalue weighted by Gasteiger charge is 2.30. The number of carbonyl (C=O) groups is 2. The number of aromatic nitrogens is 1. The molecule has 2 heterocycles. The lowest BCUT2D eigenvalue weighted by Crippen LogP contribution is -2.41. The zero-order valence-electron chi connectivity index (χ0n) is 15.9. The third-order valence-electron chi connectivity index (χ3n) is 5.39. The second-order valence-electron chi connectivity index (χ2n) is 7.59. The largest absolute Gasteiger partial charge is 0.480 e. The van der Waals surface area contributed by atoms with Crippen molar-refractivity contribution in [1.29, 1.82) is 0 Å². The number of nitrogens with one attached hydrogen (secondary N) is 2. The Morgan fingerprint density at radius 2 is 2.22 bits per heavy atom. The molecule has 1 unspecified atom stereocenters. The maximum Gasteiger partial charge on any atom is 0.326 e. The fraction of sp³-hybridized carbons (Fsp3) is 0.650. The number of amides is 1. The van der Waals surface area contributed by atoms with Gasteiger partial charge in [0.15, 0.2) is 0 Å². The second-order valence-corrected chi connectivity index (χ2v) is 7.59. The van der Waals surface area contributed by atoms with Crippen LogP contribution in [0.2, 0.25) is 0 Å². The number of anilines is 1. The molecule has 3 N–H and O–H groups in total. The zero-order chi connectivity index (χ0) is 19.2. The Morgan fingerprint density at radius 1 is 1.41 bits per heavy atom. The molecule has 1 saturated carbocycles. The molecule has 1 atom stereocenters. The van der Waals surface area contributed by atoms with E-state index in [1.165, 1.54) is 18.9 Å². The van der Waals surface area contributed by atoms with Crippen molar-refractivity contribution in [1.82, 2.24) is 10.3 Å². The van der Waals surface area contributed by atoms with Gasteiger partial charge in [-0.15, -0.1) is 0 Å². The van der Waals surface area contributed by atoms with Crippen molar-refractivity contribution in [2.75, 3.05) is 18.5 Å². The van der Waals surface area contributed by atoms with E-state index in [0.29, 0.717) is 18.9 Å². The van der Waals surface area contributed by atoms with E-state index >= 15 is 0 Å². The van der Waals surface area contributed by atoms with Crippen LogP contribution in [0.25, 0.3) is 0 Å². The van der Waals surface area contributed by atoms with Gasteiger partial charge in [-0.1, -0.05) is 6.07 Å². The van der Waals surface area contributed by atoms with Crippen LogP contribution in [0.1, 0.15) is 50.3 Å². The molecular formula is C20H29N3O4. The number of pyridine rings is 1. The molecule has 2 aliphatic rings. The highest BCUT2D eigenvalue weighted by molar-refractivity contribution is 5.81. The summed E-state index contributed by atoms with van der Waals surface area (Å²) in [6.45, 7) is 2.68. The first kappa shape index (κ1) is 19.6. The van der Waals surface area contributed by atoms with E-state index in [2.05, 4.69) is 22.8 Å². The van der Waals surface area contributed by atoms with E-state index in [1.54, 1.807) is 0 Å². The Bertz CT molecular complexity index is 673. The first-order valence-electron chi connectivity index (χ1n) is 9.85. The van der Waals surface area contributed by atoms with Gasteiger partial charge in [0.2, 0.25) is 5.91 Å². The minimum absolute atomic E-state index is 0.208. The molecule has 0 spiro atoms. The molecule has 1 aromatic rings. The number of aliphatic carboxylic acids is 1. The van der Waals surface area contributed by atoms with Crippen molar-refractivity contribution in [3.63, 3.8) is 0 Å². The van der Waals surface area contributed by atoms with E-state index < -0.39 is 12.0 Å². The average molecular weight is 375 g/mol. The Morgan fingerprint density at radius 3 is 2.96 bits per heavy atom. The smallest absolute Gasteiger partial charge is 0.326 e. The SMILES string of the molecule is CC(=O)NC(CCOC1CC(CCc2ccc3c(n2)NCCC3)C1)C(=O)O. The van der Waals surface area contributed by atoms with Gasteiger partial charge in [0.05, 0.1) is 6.10 Å². The summed E-state index contributed by atoms with van der Waals surface area (Å²) < 4.78 is 5.76. The summed E-state index contributed by atoms with van der Waals surface area (Å²) in [5, 5.41) is 14.9. The number of carbonyl (C=O) groups excluding carboxylic acids is 1. The van der Waals surface area contributed by atoms with Crippen LogP contribution in [0.3, 0.4) is 0 Å². The van der Waals surface area contributed by atoms with Gasteiger partial charge >= 0.3 is 5.97 Å². The predicted molar refractivity (Wildman–Crippen MR) is 102 cm³/mol. The molecule has 1 amide bonds. The number of carboxylic acid groups (broad SMARTS) is 1. The van der Waals surface area contributed by atoms with Crippen LogP contribution in [-0.4, -0.2) is 47.3 Å². The summed E-state index contributed by atoms with van der Waals surface area (Å²) in [7, 11) is 0. The minimum atomic E-state index is -1.02. The maximum atomic E-state index is 11.1. The zero-order valence-corrected chi connectivity index (χ0v) is 15.9. The molecule has 7 nitrogen and oxygen atoms in total. The van der Waals surface area contributed by atoms with Crippen LogP contribution in [-0.2, 0) is 27.2 Å². The first-order chi connectivity index (χ1) is 13.0. The number of ether oxygens (including phenoxy) is 1. The number of carboxylic acids is 1. The quantitative estimate of drug-likeness (QED) is 0.611. The number of rotatable bonds is 9. The number of hydrogen-bond donors (Lipinski definition) is 3. The Kier molecular flexibility index (Phi) is 6.66. The lowest BCUT2D eigenvalue weighted by molar-refractivity contribution is -0.142. The Hall–Kier alpha value is -2.15. The van der Waals surface area contributed by atoms with E-state index in [1.807, 2.05) is 0 Å². The highest BCUT2D eigenvalue weighted by Crippen LogP contribution is 2.34. The van der Waals surface area contributed by atoms with Gasteiger partial charge in [0.25, 0.3) is 0 Å². The molecule has 0 aromatic carbocycles. The van der Waals surface area contributed by atoms with Crippen molar-refractivity contribution in [2.45, 2.75) is 64.0 Å². The standard InChI is InChI=1S/C20H29N3O4/c1-13(24)22-18(20(25)26)8-10-27-17-11-14(12-17)4-6-16-7-5-15-3-2-9-21-19(15)23-16/h5,7,14,17-18H,2-4,6,8-12H2,1H3,(H,21,23)(H,22,24)(H,25,26). The monoisotopic (exact) mass is 375 g/mol. The third-order valence-corrected chi connectivity index (χ3v) is 5.39. The summed E-state index contributed by atoms with van der Waals surface area (Å²) in [6.07, 6.45) is 6.91.